The molecule has 2 aromatic rings. The summed E-state index contributed by atoms with van der Waals surface area (Å²) in [4.78, 5) is 10.9. The van der Waals surface area contributed by atoms with Crippen LogP contribution in [0.3, 0.4) is 0 Å². The second-order valence-corrected chi connectivity index (χ2v) is 7.82. The Balaban J connectivity index is 1.30. The van der Waals surface area contributed by atoms with E-state index in [4.69, 9.17) is 4.74 Å². The lowest BCUT2D eigenvalue weighted by Crippen LogP contribution is -2.65. The highest BCUT2D eigenvalue weighted by molar-refractivity contribution is 7.15. The molecule has 2 aromatic heterocycles. The molecular weight excluding hydrogens is 324 g/mol. The first kappa shape index (κ1) is 15.7. The highest BCUT2D eigenvalue weighted by Crippen LogP contribution is 2.43. The lowest BCUT2D eigenvalue weighted by molar-refractivity contribution is -0.0447. The average molecular weight is 346 g/mol. The Morgan fingerprint density at radius 1 is 1.29 bits per heavy atom. The monoisotopic (exact) mass is 346 g/mol. The summed E-state index contributed by atoms with van der Waals surface area (Å²) in [6.07, 6.45) is 5.87. The summed E-state index contributed by atoms with van der Waals surface area (Å²) in [7, 11) is 0. The molecule has 2 aliphatic heterocycles. The minimum Gasteiger partial charge on any atom is -0.371 e. The van der Waals surface area contributed by atoms with Crippen LogP contribution < -0.4 is 10.2 Å². The number of nitrogens with one attached hydrogen (secondary N) is 1. The van der Waals surface area contributed by atoms with E-state index in [9.17, 15) is 0 Å². The molecule has 0 unspecified atom stereocenters. The molecule has 0 saturated carbocycles. The number of rotatable bonds is 5. The van der Waals surface area contributed by atoms with Crippen LogP contribution in [0.15, 0.2) is 12.4 Å². The van der Waals surface area contributed by atoms with Crippen molar-refractivity contribution in [1.29, 1.82) is 0 Å². The van der Waals surface area contributed by atoms with E-state index in [-0.39, 0.29) is 5.60 Å². The topological polar surface area (TPSA) is 76.1 Å². The summed E-state index contributed by atoms with van der Waals surface area (Å²) in [5, 5.41) is 13.7. The van der Waals surface area contributed by atoms with Crippen LogP contribution in [-0.2, 0) is 4.74 Å². The molecule has 2 saturated heterocycles. The fourth-order valence-corrected chi connectivity index (χ4v) is 4.22. The second kappa shape index (κ2) is 6.25. The van der Waals surface area contributed by atoms with Crippen molar-refractivity contribution < 1.29 is 4.74 Å². The van der Waals surface area contributed by atoms with Crippen LogP contribution in [0.5, 0.6) is 0 Å². The normalized spacial score (nSPS) is 21.9. The average Bonchev–Trinajstić information content (AvgIpc) is 3.14. The molecule has 0 radical (unpaired) electrons. The fourth-order valence-electron chi connectivity index (χ4n) is 3.53. The molecule has 0 aromatic carbocycles. The van der Waals surface area contributed by atoms with Crippen molar-refractivity contribution in [3.8, 4) is 0 Å². The lowest BCUT2D eigenvalue weighted by Gasteiger charge is -2.50. The molecule has 8 heteroatoms. The minimum absolute atomic E-state index is 0.00458. The third-order valence-corrected chi connectivity index (χ3v) is 5.76. The van der Waals surface area contributed by atoms with Crippen molar-refractivity contribution >= 4 is 22.4 Å². The first-order valence-electron chi connectivity index (χ1n) is 8.36. The van der Waals surface area contributed by atoms with Crippen LogP contribution in [0.1, 0.15) is 23.4 Å². The zero-order valence-electron chi connectivity index (χ0n) is 14.0. The van der Waals surface area contributed by atoms with Gasteiger partial charge in [0.15, 0.2) is 0 Å². The number of nitrogens with zero attached hydrogens (tertiary/aromatic N) is 5. The molecule has 1 spiro atoms. The van der Waals surface area contributed by atoms with E-state index in [1.54, 1.807) is 11.3 Å². The van der Waals surface area contributed by atoms with Crippen LogP contribution >= 0.6 is 11.3 Å². The summed E-state index contributed by atoms with van der Waals surface area (Å²) in [5.41, 5.74) is 1.07. The van der Waals surface area contributed by atoms with Gasteiger partial charge in [-0.3, -0.25) is 0 Å². The van der Waals surface area contributed by atoms with Crippen molar-refractivity contribution in [2.24, 2.45) is 5.92 Å². The number of aryl methyl sites for hydroxylation is 2. The summed E-state index contributed by atoms with van der Waals surface area (Å²) >= 11 is 1.65. The van der Waals surface area contributed by atoms with E-state index in [1.807, 2.05) is 26.2 Å². The molecule has 2 aliphatic rings. The summed E-state index contributed by atoms with van der Waals surface area (Å²) in [6, 6.07) is 0. The van der Waals surface area contributed by atoms with Gasteiger partial charge in [0.05, 0.1) is 13.1 Å². The zero-order valence-corrected chi connectivity index (χ0v) is 14.8. The number of anilines is 2. The first-order valence-corrected chi connectivity index (χ1v) is 9.18. The van der Waals surface area contributed by atoms with Crippen molar-refractivity contribution in [1.82, 2.24) is 20.2 Å². The molecule has 7 nitrogen and oxygen atoms in total. The highest BCUT2D eigenvalue weighted by Gasteiger charge is 2.53. The summed E-state index contributed by atoms with van der Waals surface area (Å²) in [5.74, 6) is 1.27. The van der Waals surface area contributed by atoms with Gasteiger partial charge in [-0.25, -0.2) is 9.97 Å². The van der Waals surface area contributed by atoms with Crippen LogP contribution in [0.25, 0.3) is 0 Å². The van der Waals surface area contributed by atoms with Crippen LogP contribution in [0.2, 0.25) is 0 Å². The van der Waals surface area contributed by atoms with E-state index in [0.29, 0.717) is 11.9 Å². The van der Waals surface area contributed by atoms with E-state index < -0.39 is 0 Å². The molecule has 128 valence electrons. The van der Waals surface area contributed by atoms with Crippen LogP contribution in [0, 0.1) is 19.8 Å². The summed E-state index contributed by atoms with van der Waals surface area (Å²) in [6.45, 7) is 7.56. The van der Waals surface area contributed by atoms with Gasteiger partial charge in [0.2, 0.25) is 11.1 Å². The quantitative estimate of drug-likeness (QED) is 0.888. The predicted molar refractivity (Wildman–Crippen MR) is 93.5 cm³/mol. The van der Waals surface area contributed by atoms with Crippen molar-refractivity contribution in [2.75, 3.05) is 36.5 Å². The molecule has 0 amide bonds. The number of hydrogen-bond acceptors (Lipinski definition) is 8. The van der Waals surface area contributed by atoms with E-state index in [2.05, 4.69) is 30.4 Å². The van der Waals surface area contributed by atoms with Gasteiger partial charge in [0.25, 0.3) is 0 Å². The molecule has 4 heterocycles. The SMILES string of the molecule is Cc1cnc(NCC[C@H]2CCOC23CN(c2nnc(C)s2)C3)nc1. The van der Waals surface area contributed by atoms with Gasteiger partial charge in [0.1, 0.15) is 10.6 Å². The smallest absolute Gasteiger partial charge is 0.222 e. The van der Waals surface area contributed by atoms with Gasteiger partial charge >= 0.3 is 0 Å². The first-order chi connectivity index (χ1) is 11.6. The van der Waals surface area contributed by atoms with E-state index in [0.717, 1.165) is 54.8 Å². The second-order valence-electron chi connectivity index (χ2n) is 6.66. The third kappa shape index (κ3) is 2.95. The Kier molecular flexibility index (Phi) is 4.09. The Hall–Kier alpha value is -1.80. The predicted octanol–water partition coefficient (Wildman–Crippen LogP) is 2.04. The van der Waals surface area contributed by atoms with Crippen molar-refractivity contribution in [2.45, 2.75) is 32.3 Å². The van der Waals surface area contributed by atoms with Gasteiger partial charge in [-0.15, -0.1) is 10.2 Å². The van der Waals surface area contributed by atoms with E-state index >= 15 is 0 Å². The van der Waals surface area contributed by atoms with Gasteiger partial charge in [0, 0.05) is 25.5 Å². The van der Waals surface area contributed by atoms with Gasteiger partial charge < -0.3 is 15.0 Å². The number of aromatic nitrogens is 4. The largest absolute Gasteiger partial charge is 0.371 e. The maximum atomic E-state index is 6.12. The molecular formula is C16H22N6OS. The molecule has 0 bridgehead atoms. The third-order valence-electron chi connectivity index (χ3n) is 4.86. The summed E-state index contributed by atoms with van der Waals surface area (Å²) < 4.78 is 6.12. The Morgan fingerprint density at radius 3 is 2.79 bits per heavy atom. The van der Waals surface area contributed by atoms with E-state index in [1.165, 1.54) is 0 Å². The van der Waals surface area contributed by atoms with Gasteiger partial charge in [-0.05, 0) is 38.2 Å². The Morgan fingerprint density at radius 2 is 2.08 bits per heavy atom. The maximum Gasteiger partial charge on any atom is 0.222 e. The zero-order chi connectivity index (χ0) is 16.6. The maximum absolute atomic E-state index is 6.12. The molecule has 0 aliphatic carbocycles. The van der Waals surface area contributed by atoms with Crippen molar-refractivity contribution in [3.05, 3.63) is 23.0 Å². The number of hydrogen-bond donors (Lipinski definition) is 1. The lowest BCUT2D eigenvalue weighted by atomic mass is 9.79. The fraction of sp³-hybridized carbons (Fsp3) is 0.625. The van der Waals surface area contributed by atoms with Crippen LogP contribution in [0.4, 0.5) is 11.1 Å². The minimum atomic E-state index is -0.00458. The number of ether oxygens (including phenoxy) is 1. The molecule has 1 N–H and O–H groups in total. The van der Waals surface area contributed by atoms with Gasteiger partial charge in [-0.1, -0.05) is 11.3 Å². The Labute approximate surface area is 145 Å². The molecule has 2 fully saturated rings. The molecule has 4 rings (SSSR count). The van der Waals surface area contributed by atoms with Gasteiger partial charge in [-0.2, -0.15) is 0 Å². The standard InChI is InChI=1S/C16H22N6OS/c1-11-7-18-14(19-8-11)17-5-3-13-4-6-23-16(13)9-22(10-16)15-21-20-12(2)24-15/h7-8,13H,3-6,9-10H2,1-2H3,(H,17,18,19)/t13-/m0/s1. The molecule has 1 atom stereocenters. The Bertz CT molecular complexity index is 697. The van der Waals surface area contributed by atoms with Crippen molar-refractivity contribution in [3.63, 3.8) is 0 Å². The molecule has 24 heavy (non-hydrogen) atoms. The van der Waals surface area contributed by atoms with Crippen LogP contribution in [-0.4, -0.2) is 52.0 Å². The highest BCUT2D eigenvalue weighted by atomic mass is 32.1.